The van der Waals surface area contributed by atoms with E-state index in [-0.39, 0.29) is 18.9 Å². The van der Waals surface area contributed by atoms with Crippen molar-refractivity contribution in [2.45, 2.75) is 38.7 Å². The first kappa shape index (κ1) is 15.5. The van der Waals surface area contributed by atoms with Crippen LogP contribution in [0.25, 0.3) is 11.1 Å². The lowest BCUT2D eigenvalue weighted by molar-refractivity contribution is -0.105. The fourth-order valence-electron chi connectivity index (χ4n) is 2.89. The third-order valence-corrected chi connectivity index (χ3v) is 4.01. The van der Waals surface area contributed by atoms with Crippen LogP contribution in [0.5, 0.6) is 0 Å². The van der Waals surface area contributed by atoms with Crippen molar-refractivity contribution in [2.75, 3.05) is 10.6 Å². The van der Waals surface area contributed by atoms with Gasteiger partial charge < -0.3 is 15.2 Å². The lowest BCUT2D eigenvalue weighted by Crippen LogP contribution is -2.44. The number of hydrogen-bond acceptors (Lipinski definition) is 4. The molecule has 3 rings (SSSR count). The second-order valence-corrected chi connectivity index (χ2v) is 5.83. The number of rotatable bonds is 5. The highest BCUT2D eigenvalue weighted by atomic mass is 19.3. The highest BCUT2D eigenvalue weighted by Gasteiger charge is 2.45. The van der Waals surface area contributed by atoms with Gasteiger partial charge in [-0.15, -0.1) is 0 Å². The number of aromatic nitrogens is 1. The Balaban J connectivity index is 1.88. The number of halogens is 2. The summed E-state index contributed by atoms with van der Waals surface area (Å²) in [6.07, 6.45) is 0.172. The summed E-state index contributed by atoms with van der Waals surface area (Å²) in [5.41, 5.74) is 3.61. The predicted molar refractivity (Wildman–Crippen MR) is 82.7 cm³/mol. The monoisotopic (exact) mass is 321 g/mol. The number of nitrogens with one attached hydrogen (secondary N) is 2. The predicted octanol–water partition coefficient (Wildman–Crippen LogP) is 3.74. The number of carbonyl (C=O) groups is 1. The molecule has 0 spiro atoms. The molecular formula is C16H17F2N3O2. The van der Waals surface area contributed by atoms with Gasteiger partial charge in [-0.25, -0.2) is 8.78 Å². The Morgan fingerprint density at radius 3 is 2.61 bits per heavy atom. The molecule has 23 heavy (non-hydrogen) atoms. The Hall–Kier alpha value is -2.44. The van der Waals surface area contributed by atoms with Gasteiger partial charge in [-0.3, -0.25) is 4.79 Å². The molecule has 122 valence electrons. The van der Waals surface area contributed by atoms with Crippen LogP contribution in [-0.4, -0.2) is 23.5 Å². The maximum absolute atomic E-state index is 12.9. The van der Waals surface area contributed by atoms with Crippen LogP contribution in [-0.2, 0) is 4.79 Å². The molecule has 1 saturated carbocycles. The third kappa shape index (κ3) is 3.04. The van der Waals surface area contributed by atoms with E-state index < -0.39 is 5.92 Å². The van der Waals surface area contributed by atoms with E-state index in [1.807, 2.05) is 19.9 Å². The van der Waals surface area contributed by atoms with E-state index in [4.69, 9.17) is 4.52 Å². The first-order valence-corrected chi connectivity index (χ1v) is 7.31. The Labute approximate surface area is 132 Å². The minimum atomic E-state index is -2.59. The van der Waals surface area contributed by atoms with Gasteiger partial charge in [0.25, 0.3) is 5.92 Å². The van der Waals surface area contributed by atoms with Crippen LogP contribution in [0.2, 0.25) is 0 Å². The van der Waals surface area contributed by atoms with Crippen molar-refractivity contribution < 1.29 is 18.1 Å². The molecule has 2 aromatic rings. The molecule has 1 amide bonds. The molecule has 0 unspecified atom stereocenters. The fraction of sp³-hybridized carbons (Fsp3) is 0.375. The molecule has 5 nitrogen and oxygen atoms in total. The van der Waals surface area contributed by atoms with Crippen molar-refractivity contribution in [3.05, 3.63) is 29.7 Å². The Bertz CT molecular complexity index is 715. The quantitative estimate of drug-likeness (QED) is 0.823. The maximum Gasteiger partial charge on any atom is 0.252 e. The fourth-order valence-corrected chi connectivity index (χ4v) is 2.89. The molecule has 1 heterocycles. The van der Waals surface area contributed by atoms with Gasteiger partial charge in [-0.1, -0.05) is 11.2 Å². The average molecular weight is 321 g/mol. The van der Waals surface area contributed by atoms with Crippen LogP contribution in [0.15, 0.2) is 22.7 Å². The molecule has 1 aliphatic carbocycles. The highest BCUT2D eigenvalue weighted by molar-refractivity contribution is 5.85. The lowest BCUT2D eigenvalue weighted by atomic mass is 9.88. The molecule has 1 aromatic carbocycles. The molecule has 7 heteroatoms. The van der Waals surface area contributed by atoms with Crippen LogP contribution in [0.4, 0.5) is 20.2 Å². The molecule has 0 radical (unpaired) electrons. The third-order valence-electron chi connectivity index (χ3n) is 4.01. The zero-order valence-electron chi connectivity index (χ0n) is 12.8. The van der Waals surface area contributed by atoms with E-state index in [1.54, 1.807) is 12.1 Å². The number of benzene rings is 1. The minimum absolute atomic E-state index is 0.195. The van der Waals surface area contributed by atoms with Gasteiger partial charge in [0.15, 0.2) is 0 Å². The molecule has 0 aliphatic heterocycles. The summed E-state index contributed by atoms with van der Waals surface area (Å²) in [4.78, 5) is 10.8. The summed E-state index contributed by atoms with van der Waals surface area (Å²) in [5, 5.41) is 9.57. The molecule has 0 bridgehead atoms. The largest absolute Gasteiger partial charge is 0.380 e. The second-order valence-electron chi connectivity index (χ2n) is 5.83. The Morgan fingerprint density at radius 2 is 2.04 bits per heavy atom. The molecule has 1 aliphatic rings. The standard InChI is InChI=1S/C16H17F2N3O2/c1-9-15(10(2)23-21-9)11-3-4-13(14(5-11)19-8-22)20-12-6-16(17,18)7-12/h3-5,8,12,20H,6-7H2,1-2H3,(H,19,22). The van der Waals surface area contributed by atoms with Crippen molar-refractivity contribution in [3.63, 3.8) is 0 Å². The number of carbonyl (C=O) groups excluding carboxylic acids is 1. The van der Waals surface area contributed by atoms with E-state index in [2.05, 4.69) is 15.8 Å². The number of hydrogen-bond donors (Lipinski definition) is 2. The molecule has 1 aromatic heterocycles. The first-order chi connectivity index (χ1) is 10.9. The van der Waals surface area contributed by atoms with E-state index in [1.165, 1.54) is 0 Å². The van der Waals surface area contributed by atoms with Crippen LogP contribution >= 0.6 is 0 Å². The SMILES string of the molecule is Cc1noc(C)c1-c1ccc(NC2CC(F)(F)C2)c(NC=O)c1. The summed E-state index contributed by atoms with van der Waals surface area (Å²) < 4.78 is 31.1. The second kappa shape index (κ2) is 5.64. The van der Waals surface area contributed by atoms with Crippen molar-refractivity contribution in [1.29, 1.82) is 0 Å². The van der Waals surface area contributed by atoms with Crippen molar-refractivity contribution >= 4 is 17.8 Å². The molecule has 0 saturated heterocycles. The van der Waals surface area contributed by atoms with Crippen LogP contribution in [0, 0.1) is 13.8 Å². The van der Waals surface area contributed by atoms with Gasteiger partial charge in [0.05, 0.1) is 17.1 Å². The number of anilines is 2. The topological polar surface area (TPSA) is 67.2 Å². The zero-order chi connectivity index (χ0) is 16.6. The van der Waals surface area contributed by atoms with Crippen molar-refractivity contribution in [3.8, 4) is 11.1 Å². The van der Waals surface area contributed by atoms with Gasteiger partial charge in [0.1, 0.15) is 5.76 Å². The van der Waals surface area contributed by atoms with Crippen molar-refractivity contribution in [2.24, 2.45) is 0 Å². The summed E-state index contributed by atoms with van der Waals surface area (Å²) in [6, 6.07) is 5.10. The highest BCUT2D eigenvalue weighted by Crippen LogP contribution is 2.40. The molecular weight excluding hydrogens is 304 g/mol. The van der Waals surface area contributed by atoms with Crippen molar-refractivity contribution in [1.82, 2.24) is 5.16 Å². The lowest BCUT2D eigenvalue weighted by Gasteiger charge is -2.36. The Kier molecular flexibility index (Phi) is 3.79. The van der Waals surface area contributed by atoms with Gasteiger partial charge >= 0.3 is 0 Å². The summed E-state index contributed by atoms with van der Waals surface area (Å²) in [7, 11) is 0. The van der Waals surface area contributed by atoms with Crippen LogP contribution in [0.3, 0.4) is 0 Å². The van der Waals surface area contributed by atoms with E-state index in [9.17, 15) is 13.6 Å². The van der Waals surface area contributed by atoms with Gasteiger partial charge in [0, 0.05) is 24.4 Å². The van der Waals surface area contributed by atoms with E-state index in [0.29, 0.717) is 23.5 Å². The normalized spacial score (nSPS) is 16.7. The van der Waals surface area contributed by atoms with Gasteiger partial charge in [0.2, 0.25) is 6.41 Å². The minimum Gasteiger partial charge on any atom is -0.380 e. The zero-order valence-corrected chi connectivity index (χ0v) is 12.8. The first-order valence-electron chi connectivity index (χ1n) is 7.31. The number of nitrogens with zero attached hydrogens (tertiary/aromatic N) is 1. The smallest absolute Gasteiger partial charge is 0.252 e. The van der Waals surface area contributed by atoms with Gasteiger partial charge in [-0.2, -0.15) is 0 Å². The van der Waals surface area contributed by atoms with E-state index in [0.717, 1.165) is 16.8 Å². The van der Waals surface area contributed by atoms with E-state index >= 15 is 0 Å². The molecule has 2 N–H and O–H groups in total. The summed E-state index contributed by atoms with van der Waals surface area (Å²) in [5.74, 6) is -1.91. The van der Waals surface area contributed by atoms with Gasteiger partial charge in [-0.05, 0) is 31.5 Å². The number of amides is 1. The molecule has 1 fully saturated rings. The average Bonchev–Trinajstić information content (AvgIpc) is 2.78. The Morgan fingerprint density at radius 1 is 1.30 bits per heavy atom. The van der Waals surface area contributed by atoms with Crippen LogP contribution < -0.4 is 10.6 Å². The van der Waals surface area contributed by atoms with Crippen LogP contribution in [0.1, 0.15) is 24.3 Å². The number of aryl methyl sites for hydroxylation is 2. The maximum atomic E-state index is 12.9. The molecule has 0 atom stereocenters. The number of alkyl halides is 2. The summed E-state index contributed by atoms with van der Waals surface area (Å²) in [6.45, 7) is 3.64. The summed E-state index contributed by atoms with van der Waals surface area (Å²) >= 11 is 0.